The van der Waals surface area contributed by atoms with Gasteiger partial charge in [-0.3, -0.25) is 5.32 Å². The molecular formula is C16H15FN4OS2. The lowest BCUT2D eigenvalue weighted by atomic mass is 10.3. The number of aromatic nitrogens is 1. The van der Waals surface area contributed by atoms with Crippen LogP contribution in [0.1, 0.15) is 0 Å². The minimum absolute atomic E-state index is 0.0662. The maximum atomic E-state index is 13.3. The van der Waals surface area contributed by atoms with E-state index in [1.165, 1.54) is 34.8 Å². The Morgan fingerprint density at radius 1 is 1.21 bits per heavy atom. The summed E-state index contributed by atoms with van der Waals surface area (Å²) < 4.78 is 14.1. The van der Waals surface area contributed by atoms with Crippen LogP contribution in [0, 0.1) is 5.82 Å². The fourth-order valence-corrected chi connectivity index (χ4v) is 4.31. The molecule has 1 aliphatic rings. The molecular weight excluding hydrogens is 347 g/mol. The van der Waals surface area contributed by atoms with Crippen molar-refractivity contribution in [2.24, 2.45) is 0 Å². The monoisotopic (exact) mass is 362 g/mol. The lowest BCUT2D eigenvalue weighted by molar-refractivity contribution is 0.208. The lowest BCUT2D eigenvalue weighted by Gasteiger charge is -2.34. The SMILES string of the molecule is O=C(Nc1cccs1)N1CCN(c2nc3ccc(F)cc3s2)CC1. The van der Waals surface area contributed by atoms with Gasteiger partial charge in [-0.1, -0.05) is 11.3 Å². The van der Waals surface area contributed by atoms with Crippen LogP contribution in [0.15, 0.2) is 35.7 Å². The van der Waals surface area contributed by atoms with Crippen LogP contribution in [0.3, 0.4) is 0 Å². The van der Waals surface area contributed by atoms with Gasteiger partial charge in [0.05, 0.1) is 15.2 Å². The van der Waals surface area contributed by atoms with Gasteiger partial charge >= 0.3 is 6.03 Å². The molecule has 8 heteroatoms. The first-order chi connectivity index (χ1) is 11.7. The number of urea groups is 1. The summed E-state index contributed by atoms with van der Waals surface area (Å²) in [5.74, 6) is -0.243. The van der Waals surface area contributed by atoms with E-state index in [1.807, 2.05) is 22.4 Å². The average molecular weight is 362 g/mol. The van der Waals surface area contributed by atoms with E-state index in [4.69, 9.17) is 0 Å². The van der Waals surface area contributed by atoms with Gasteiger partial charge in [-0.15, -0.1) is 11.3 Å². The molecule has 0 spiro atoms. The second-order valence-electron chi connectivity index (χ2n) is 5.49. The molecule has 1 N–H and O–H groups in total. The van der Waals surface area contributed by atoms with E-state index in [1.54, 1.807) is 6.07 Å². The molecule has 4 rings (SSSR count). The number of fused-ring (bicyclic) bond motifs is 1. The zero-order chi connectivity index (χ0) is 16.5. The van der Waals surface area contributed by atoms with Crippen molar-refractivity contribution in [2.45, 2.75) is 0 Å². The minimum atomic E-state index is -0.243. The van der Waals surface area contributed by atoms with Crippen molar-refractivity contribution < 1.29 is 9.18 Å². The summed E-state index contributed by atoms with van der Waals surface area (Å²) in [6, 6.07) is 8.38. The normalized spacial score (nSPS) is 15.0. The number of amides is 2. The highest BCUT2D eigenvalue weighted by molar-refractivity contribution is 7.22. The summed E-state index contributed by atoms with van der Waals surface area (Å²) >= 11 is 3.00. The fourth-order valence-electron chi connectivity index (χ4n) is 2.66. The Bertz CT molecular complexity index is 856. The first-order valence-corrected chi connectivity index (χ1v) is 9.29. The Morgan fingerprint density at radius 3 is 2.79 bits per heavy atom. The number of hydrogen-bond donors (Lipinski definition) is 1. The summed E-state index contributed by atoms with van der Waals surface area (Å²) in [5, 5.41) is 6.58. The Hall–Kier alpha value is -2.19. The molecule has 1 fully saturated rings. The molecule has 0 bridgehead atoms. The van der Waals surface area contributed by atoms with E-state index in [0.717, 1.165) is 33.4 Å². The van der Waals surface area contributed by atoms with E-state index >= 15 is 0 Å². The van der Waals surface area contributed by atoms with Crippen LogP contribution in [0.4, 0.5) is 19.3 Å². The maximum Gasteiger partial charge on any atom is 0.322 e. The molecule has 1 aromatic carbocycles. The highest BCUT2D eigenvalue weighted by Gasteiger charge is 2.23. The number of halogens is 1. The molecule has 1 aliphatic heterocycles. The number of rotatable bonds is 2. The zero-order valence-corrected chi connectivity index (χ0v) is 14.4. The Labute approximate surface area is 146 Å². The van der Waals surface area contributed by atoms with Crippen molar-refractivity contribution in [3.8, 4) is 0 Å². The number of hydrogen-bond acceptors (Lipinski definition) is 5. The van der Waals surface area contributed by atoms with Gasteiger partial charge in [-0.25, -0.2) is 14.2 Å². The number of benzene rings is 1. The minimum Gasteiger partial charge on any atom is -0.345 e. The number of nitrogens with one attached hydrogen (secondary N) is 1. The fraction of sp³-hybridized carbons (Fsp3) is 0.250. The number of carbonyl (C=O) groups excluding carboxylic acids is 1. The summed E-state index contributed by atoms with van der Waals surface area (Å²) in [6.07, 6.45) is 0. The Morgan fingerprint density at radius 2 is 2.04 bits per heavy atom. The molecule has 0 atom stereocenters. The third-order valence-corrected chi connectivity index (χ3v) is 5.79. The predicted octanol–water partition coefficient (Wildman–Crippen LogP) is 3.85. The topological polar surface area (TPSA) is 48.5 Å². The largest absolute Gasteiger partial charge is 0.345 e. The Kier molecular flexibility index (Phi) is 4.07. The van der Waals surface area contributed by atoms with E-state index in [0.29, 0.717) is 13.1 Å². The number of anilines is 2. The second kappa shape index (κ2) is 6.37. The van der Waals surface area contributed by atoms with Crippen molar-refractivity contribution in [3.63, 3.8) is 0 Å². The van der Waals surface area contributed by atoms with Crippen LogP contribution < -0.4 is 10.2 Å². The third kappa shape index (κ3) is 3.07. The summed E-state index contributed by atoms with van der Waals surface area (Å²) in [5.41, 5.74) is 0.814. The van der Waals surface area contributed by atoms with Gasteiger partial charge < -0.3 is 9.80 Å². The summed E-state index contributed by atoms with van der Waals surface area (Å²) in [4.78, 5) is 20.8. The molecule has 0 saturated carbocycles. The van der Waals surface area contributed by atoms with Crippen molar-refractivity contribution in [3.05, 3.63) is 41.5 Å². The van der Waals surface area contributed by atoms with Gasteiger partial charge in [0, 0.05) is 26.2 Å². The molecule has 0 radical (unpaired) electrons. The summed E-state index contributed by atoms with van der Waals surface area (Å²) in [7, 11) is 0. The van der Waals surface area contributed by atoms with Crippen molar-refractivity contribution in [1.82, 2.24) is 9.88 Å². The van der Waals surface area contributed by atoms with Gasteiger partial charge in [-0.2, -0.15) is 0 Å². The smallest absolute Gasteiger partial charge is 0.322 e. The van der Waals surface area contributed by atoms with Gasteiger partial charge in [0.2, 0.25) is 0 Å². The number of nitrogens with zero attached hydrogens (tertiary/aromatic N) is 3. The number of thiophene rings is 1. The molecule has 2 aromatic heterocycles. The van der Waals surface area contributed by atoms with Crippen LogP contribution in [-0.4, -0.2) is 42.1 Å². The molecule has 0 unspecified atom stereocenters. The first kappa shape index (κ1) is 15.3. The van der Waals surface area contributed by atoms with Gasteiger partial charge in [0.15, 0.2) is 5.13 Å². The summed E-state index contributed by atoms with van der Waals surface area (Å²) in [6.45, 7) is 2.73. The number of carbonyl (C=O) groups is 1. The Balaban J connectivity index is 1.40. The molecule has 3 aromatic rings. The zero-order valence-electron chi connectivity index (χ0n) is 12.7. The molecule has 2 amide bonds. The highest BCUT2D eigenvalue weighted by atomic mass is 32.1. The number of thiazole rings is 1. The van der Waals surface area contributed by atoms with E-state index in [2.05, 4.69) is 15.2 Å². The van der Waals surface area contributed by atoms with Crippen LogP contribution in [0.2, 0.25) is 0 Å². The standard InChI is InChI=1S/C16H15FN4OS2/c17-11-3-4-12-13(10-11)24-16(18-12)21-7-5-20(6-8-21)15(22)19-14-2-1-9-23-14/h1-4,9-10H,5-8H2,(H,19,22). The number of piperazine rings is 1. The molecule has 3 heterocycles. The molecule has 124 valence electrons. The third-order valence-electron chi connectivity index (χ3n) is 3.93. The molecule has 24 heavy (non-hydrogen) atoms. The van der Waals surface area contributed by atoms with Crippen LogP contribution >= 0.6 is 22.7 Å². The van der Waals surface area contributed by atoms with Gasteiger partial charge in [0.1, 0.15) is 5.82 Å². The molecule has 5 nitrogen and oxygen atoms in total. The van der Waals surface area contributed by atoms with E-state index in [9.17, 15) is 9.18 Å². The second-order valence-corrected chi connectivity index (χ2v) is 7.45. The van der Waals surface area contributed by atoms with E-state index < -0.39 is 0 Å². The van der Waals surface area contributed by atoms with Crippen molar-refractivity contribution in [2.75, 3.05) is 36.4 Å². The van der Waals surface area contributed by atoms with Crippen LogP contribution in [0.5, 0.6) is 0 Å². The van der Waals surface area contributed by atoms with Gasteiger partial charge in [0.25, 0.3) is 0 Å². The molecule has 0 aliphatic carbocycles. The van der Waals surface area contributed by atoms with Crippen molar-refractivity contribution in [1.29, 1.82) is 0 Å². The predicted molar refractivity (Wildman–Crippen MR) is 96.7 cm³/mol. The van der Waals surface area contributed by atoms with Crippen molar-refractivity contribution >= 4 is 49.1 Å². The first-order valence-electron chi connectivity index (χ1n) is 7.59. The van der Waals surface area contributed by atoms with E-state index in [-0.39, 0.29) is 11.8 Å². The van der Waals surface area contributed by atoms with Crippen LogP contribution in [-0.2, 0) is 0 Å². The molecule has 1 saturated heterocycles. The highest BCUT2D eigenvalue weighted by Crippen LogP contribution is 2.30. The average Bonchev–Trinajstić information content (AvgIpc) is 3.24. The quantitative estimate of drug-likeness (QED) is 0.753. The maximum absolute atomic E-state index is 13.3. The lowest BCUT2D eigenvalue weighted by Crippen LogP contribution is -2.50. The van der Waals surface area contributed by atoms with Crippen LogP contribution in [0.25, 0.3) is 10.2 Å². The van der Waals surface area contributed by atoms with Gasteiger partial charge in [-0.05, 0) is 35.7 Å².